The molecule has 0 radical (unpaired) electrons. The van der Waals surface area contributed by atoms with Crippen LogP contribution in [0.2, 0.25) is 0 Å². The minimum atomic E-state index is -0.619. The van der Waals surface area contributed by atoms with Crippen molar-refractivity contribution in [1.82, 2.24) is 0 Å². The van der Waals surface area contributed by atoms with Crippen molar-refractivity contribution < 1.29 is 4.39 Å². The smallest absolute Gasteiger partial charge is 0.195 e. The standard InChI is InChI=1S/C28H40FN/c1-2-4-22-13-17-26(18-14-22)27-19-15-25(16-20-27)12-11-24-9-7-23(8-10-24)5-3-6-28(29)21-30/h6,13-14,17-18,23-25,27H,2-5,7-12,15-16,19-20H2,1H3/t23-,24-,25-,27-. The molecule has 0 atom stereocenters. The topological polar surface area (TPSA) is 23.8 Å². The first kappa shape index (κ1) is 23.1. The van der Waals surface area contributed by atoms with Crippen molar-refractivity contribution in [3.05, 3.63) is 47.3 Å². The molecule has 0 amide bonds. The predicted molar refractivity (Wildman–Crippen MR) is 124 cm³/mol. The number of nitrogens with zero attached hydrogens (tertiary/aromatic N) is 1. The monoisotopic (exact) mass is 409 g/mol. The third-order valence-corrected chi connectivity index (χ3v) is 7.79. The Kier molecular flexibility index (Phi) is 9.44. The maximum absolute atomic E-state index is 12.9. The van der Waals surface area contributed by atoms with E-state index in [1.54, 1.807) is 11.6 Å². The van der Waals surface area contributed by atoms with Crippen molar-refractivity contribution in [1.29, 1.82) is 5.26 Å². The average molecular weight is 410 g/mol. The van der Waals surface area contributed by atoms with Gasteiger partial charge in [0, 0.05) is 0 Å². The molecule has 3 rings (SSSR count). The van der Waals surface area contributed by atoms with Crippen molar-refractivity contribution in [2.45, 2.75) is 103 Å². The quantitative estimate of drug-likeness (QED) is 0.374. The van der Waals surface area contributed by atoms with Crippen LogP contribution in [0.5, 0.6) is 0 Å². The summed E-state index contributed by atoms with van der Waals surface area (Å²) in [6.45, 7) is 2.25. The van der Waals surface area contributed by atoms with E-state index >= 15 is 0 Å². The first-order chi connectivity index (χ1) is 14.7. The van der Waals surface area contributed by atoms with Gasteiger partial charge >= 0.3 is 0 Å². The summed E-state index contributed by atoms with van der Waals surface area (Å²) in [5.41, 5.74) is 3.05. The van der Waals surface area contributed by atoms with Crippen LogP contribution >= 0.6 is 0 Å². The molecular formula is C28H40FN. The summed E-state index contributed by atoms with van der Waals surface area (Å²) >= 11 is 0. The van der Waals surface area contributed by atoms with Crippen molar-refractivity contribution >= 4 is 0 Å². The molecule has 1 aromatic rings. The van der Waals surface area contributed by atoms with Crippen LogP contribution in [0.15, 0.2) is 36.2 Å². The number of allylic oxidation sites excluding steroid dienone is 2. The summed E-state index contributed by atoms with van der Waals surface area (Å²) in [6.07, 6.45) is 19.4. The Hall–Kier alpha value is -1.62. The highest BCUT2D eigenvalue weighted by molar-refractivity contribution is 5.25. The van der Waals surface area contributed by atoms with Gasteiger partial charge in [-0.15, -0.1) is 0 Å². The number of hydrogen-bond donors (Lipinski definition) is 0. The fraction of sp³-hybridized carbons (Fsp3) is 0.679. The van der Waals surface area contributed by atoms with Gasteiger partial charge < -0.3 is 0 Å². The maximum atomic E-state index is 12.9. The second-order valence-electron chi connectivity index (χ2n) is 9.91. The number of hydrogen-bond acceptors (Lipinski definition) is 1. The molecule has 2 fully saturated rings. The van der Waals surface area contributed by atoms with E-state index in [0.717, 1.165) is 36.5 Å². The van der Waals surface area contributed by atoms with Gasteiger partial charge in [-0.2, -0.15) is 9.65 Å². The molecule has 2 heteroatoms. The van der Waals surface area contributed by atoms with Gasteiger partial charge in [0.05, 0.1) is 0 Å². The third kappa shape index (κ3) is 7.26. The number of benzene rings is 1. The Morgan fingerprint density at radius 1 is 0.900 bits per heavy atom. The largest absolute Gasteiger partial charge is 0.196 e. The summed E-state index contributed by atoms with van der Waals surface area (Å²) in [7, 11) is 0. The lowest BCUT2D eigenvalue weighted by Crippen LogP contribution is -2.17. The number of nitriles is 1. The zero-order valence-electron chi connectivity index (χ0n) is 18.9. The Morgan fingerprint density at radius 2 is 1.43 bits per heavy atom. The first-order valence-electron chi connectivity index (χ1n) is 12.5. The molecule has 2 saturated carbocycles. The fourth-order valence-corrected chi connectivity index (χ4v) is 5.80. The molecule has 0 aromatic heterocycles. The minimum Gasteiger partial charge on any atom is -0.195 e. The van der Waals surface area contributed by atoms with E-state index < -0.39 is 5.83 Å². The molecule has 30 heavy (non-hydrogen) atoms. The SMILES string of the molecule is CCCc1ccc([C@H]2CC[C@H](CC[C@H]3CC[C@H](CCC=C(F)C#N)CC3)CC2)cc1. The lowest BCUT2D eigenvalue weighted by Gasteiger charge is -2.32. The molecule has 1 nitrogen and oxygen atoms in total. The van der Waals surface area contributed by atoms with E-state index in [1.165, 1.54) is 88.7 Å². The Morgan fingerprint density at radius 3 is 1.97 bits per heavy atom. The molecule has 0 spiro atoms. The number of aryl methyl sites for hydroxylation is 1. The second kappa shape index (κ2) is 12.3. The van der Waals surface area contributed by atoms with Gasteiger partial charge in [-0.1, -0.05) is 76.1 Å². The Labute approximate surface area is 183 Å². The number of rotatable bonds is 9. The van der Waals surface area contributed by atoms with Gasteiger partial charge in [-0.3, -0.25) is 0 Å². The van der Waals surface area contributed by atoms with Gasteiger partial charge in [0.25, 0.3) is 0 Å². The van der Waals surface area contributed by atoms with Gasteiger partial charge in [0.1, 0.15) is 6.07 Å². The highest BCUT2D eigenvalue weighted by Crippen LogP contribution is 2.40. The normalized spacial score (nSPS) is 27.6. The molecule has 164 valence electrons. The summed E-state index contributed by atoms with van der Waals surface area (Å²) in [5, 5.41) is 8.48. The molecule has 0 aliphatic heterocycles. The van der Waals surface area contributed by atoms with E-state index in [4.69, 9.17) is 5.26 Å². The predicted octanol–water partition coefficient (Wildman–Crippen LogP) is 8.66. The highest BCUT2D eigenvalue weighted by atomic mass is 19.1. The minimum absolute atomic E-state index is 0.619. The van der Waals surface area contributed by atoms with Crippen molar-refractivity contribution in [2.24, 2.45) is 17.8 Å². The van der Waals surface area contributed by atoms with Gasteiger partial charge in [-0.05, 0) is 85.8 Å². The summed E-state index contributed by atoms with van der Waals surface area (Å²) < 4.78 is 12.9. The summed E-state index contributed by atoms with van der Waals surface area (Å²) in [4.78, 5) is 0. The molecule has 2 aliphatic carbocycles. The molecule has 0 unspecified atom stereocenters. The van der Waals surface area contributed by atoms with Crippen molar-refractivity contribution in [2.75, 3.05) is 0 Å². The summed E-state index contributed by atoms with van der Waals surface area (Å²) in [5.74, 6) is 2.76. The molecular weight excluding hydrogens is 369 g/mol. The fourth-order valence-electron chi connectivity index (χ4n) is 5.80. The lowest BCUT2D eigenvalue weighted by atomic mass is 9.74. The van der Waals surface area contributed by atoms with E-state index in [2.05, 4.69) is 31.2 Å². The highest BCUT2D eigenvalue weighted by Gasteiger charge is 2.25. The first-order valence-corrected chi connectivity index (χ1v) is 12.5. The van der Waals surface area contributed by atoms with Crippen LogP contribution in [0.25, 0.3) is 0 Å². The van der Waals surface area contributed by atoms with E-state index in [1.807, 2.05) is 0 Å². The van der Waals surface area contributed by atoms with Crippen LogP contribution in [-0.4, -0.2) is 0 Å². The van der Waals surface area contributed by atoms with Crippen molar-refractivity contribution in [3.63, 3.8) is 0 Å². The maximum Gasteiger partial charge on any atom is 0.196 e. The lowest BCUT2D eigenvalue weighted by molar-refractivity contribution is 0.225. The number of halogens is 1. The molecule has 1 aromatic carbocycles. The Balaban J connectivity index is 1.30. The van der Waals surface area contributed by atoms with Crippen LogP contribution in [0.3, 0.4) is 0 Å². The Bertz CT molecular complexity index is 682. The van der Waals surface area contributed by atoms with Gasteiger partial charge in [0.15, 0.2) is 5.83 Å². The second-order valence-corrected chi connectivity index (χ2v) is 9.91. The van der Waals surface area contributed by atoms with Crippen LogP contribution in [-0.2, 0) is 6.42 Å². The van der Waals surface area contributed by atoms with Crippen molar-refractivity contribution in [3.8, 4) is 6.07 Å². The zero-order chi connectivity index (χ0) is 21.2. The molecule has 0 saturated heterocycles. The van der Waals surface area contributed by atoms with Crippen LogP contribution < -0.4 is 0 Å². The molecule has 2 aliphatic rings. The van der Waals surface area contributed by atoms with Gasteiger partial charge in [0.2, 0.25) is 0 Å². The van der Waals surface area contributed by atoms with E-state index in [0.29, 0.717) is 0 Å². The zero-order valence-corrected chi connectivity index (χ0v) is 18.9. The molecule has 0 N–H and O–H groups in total. The van der Waals surface area contributed by atoms with Gasteiger partial charge in [-0.25, -0.2) is 0 Å². The molecule has 0 bridgehead atoms. The third-order valence-electron chi connectivity index (χ3n) is 7.79. The summed E-state index contributed by atoms with van der Waals surface area (Å²) in [6, 6.07) is 11.0. The van der Waals surface area contributed by atoms with E-state index in [-0.39, 0.29) is 0 Å². The van der Waals surface area contributed by atoms with Crippen LogP contribution in [0, 0.1) is 29.1 Å². The average Bonchev–Trinajstić information content (AvgIpc) is 2.79. The van der Waals surface area contributed by atoms with Crippen LogP contribution in [0.1, 0.15) is 107 Å². The van der Waals surface area contributed by atoms with E-state index in [9.17, 15) is 4.39 Å². The van der Waals surface area contributed by atoms with Crippen LogP contribution in [0.4, 0.5) is 4.39 Å². The molecule has 0 heterocycles.